The molecule has 0 spiro atoms. The molecular weight excluding hydrogens is 360 g/mol. The Bertz CT molecular complexity index is 612. The average molecular weight is 389 g/mol. The van der Waals surface area contributed by atoms with Crippen LogP contribution in [0.2, 0.25) is 0 Å². The van der Waals surface area contributed by atoms with Crippen LogP contribution in [0.1, 0.15) is 34.1 Å². The summed E-state index contributed by atoms with van der Waals surface area (Å²) in [6.07, 6.45) is -0.262. The Morgan fingerprint density at radius 2 is 1.75 bits per heavy atom. The van der Waals surface area contributed by atoms with Gasteiger partial charge in [-0.25, -0.2) is 0 Å². The monoisotopic (exact) mass is 388 g/mol. The molecule has 0 fully saturated rings. The van der Waals surface area contributed by atoms with Crippen LogP contribution in [0.5, 0.6) is 0 Å². The van der Waals surface area contributed by atoms with E-state index in [0.717, 1.165) is 0 Å². The second kappa shape index (κ2) is 9.09. The molecule has 11 heteroatoms. The van der Waals surface area contributed by atoms with Crippen molar-refractivity contribution in [2.24, 2.45) is 17.1 Å². The Morgan fingerprint density at radius 1 is 1.21 bits per heavy atom. The summed E-state index contributed by atoms with van der Waals surface area (Å²) in [4.78, 5) is 11.8. The van der Waals surface area contributed by atoms with Crippen molar-refractivity contribution in [3.63, 3.8) is 0 Å². The molecule has 1 atom stereocenters. The van der Waals surface area contributed by atoms with E-state index in [0.29, 0.717) is 0 Å². The standard InChI is InChI=1S/C13H28N2O7S2/c1-10(2)11(14)12(16)15-8-13(3,4)9-22-24(20,21)7-5-6-23(17,18)19/h10-11H,5-9,14H2,1-4H3,(H,15,16)(H,17,18,19). The van der Waals surface area contributed by atoms with Crippen LogP contribution in [0.4, 0.5) is 0 Å². The van der Waals surface area contributed by atoms with Gasteiger partial charge >= 0.3 is 0 Å². The number of nitrogens with one attached hydrogen (secondary N) is 1. The first-order chi connectivity index (χ1) is 10.7. The second-order valence-corrected chi connectivity index (χ2v) is 10.1. The Kier molecular flexibility index (Phi) is 8.80. The van der Waals surface area contributed by atoms with E-state index in [4.69, 9.17) is 14.5 Å². The molecule has 4 N–H and O–H groups in total. The van der Waals surface area contributed by atoms with Crippen molar-refractivity contribution in [2.75, 3.05) is 24.7 Å². The summed E-state index contributed by atoms with van der Waals surface area (Å²) in [5.41, 5.74) is 5.05. The predicted octanol–water partition coefficient (Wildman–Crippen LogP) is -0.264. The van der Waals surface area contributed by atoms with Crippen molar-refractivity contribution in [1.29, 1.82) is 0 Å². The van der Waals surface area contributed by atoms with E-state index < -0.39 is 43.2 Å². The third kappa shape index (κ3) is 10.9. The summed E-state index contributed by atoms with van der Waals surface area (Å²) in [5, 5.41) is 2.65. The number of hydrogen-bond donors (Lipinski definition) is 3. The summed E-state index contributed by atoms with van der Waals surface area (Å²) < 4.78 is 57.9. The van der Waals surface area contributed by atoms with Crippen molar-refractivity contribution in [1.82, 2.24) is 5.32 Å². The first-order valence-electron chi connectivity index (χ1n) is 7.51. The smallest absolute Gasteiger partial charge is 0.267 e. The first kappa shape index (κ1) is 23.2. The topological polar surface area (TPSA) is 153 Å². The molecule has 1 amide bonds. The zero-order chi connectivity index (χ0) is 19.2. The van der Waals surface area contributed by atoms with Crippen LogP contribution in [0.25, 0.3) is 0 Å². The maximum absolute atomic E-state index is 11.8. The van der Waals surface area contributed by atoms with E-state index in [1.807, 2.05) is 13.8 Å². The van der Waals surface area contributed by atoms with Gasteiger partial charge in [0.05, 0.1) is 24.2 Å². The molecule has 0 aliphatic heterocycles. The Hall–Kier alpha value is -0.750. The first-order valence-corrected chi connectivity index (χ1v) is 10.7. The lowest BCUT2D eigenvalue weighted by molar-refractivity contribution is -0.123. The summed E-state index contributed by atoms with van der Waals surface area (Å²) >= 11 is 0. The number of nitrogens with two attached hydrogens (primary N) is 1. The van der Waals surface area contributed by atoms with Crippen LogP contribution in [0.3, 0.4) is 0 Å². The van der Waals surface area contributed by atoms with Gasteiger partial charge in [0.1, 0.15) is 0 Å². The normalized spacial score (nSPS) is 14.6. The van der Waals surface area contributed by atoms with Crippen molar-refractivity contribution >= 4 is 26.1 Å². The van der Waals surface area contributed by atoms with Crippen LogP contribution in [0, 0.1) is 11.3 Å². The molecule has 0 aromatic carbocycles. The molecule has 9 nitrogen and oxygen atoms in total. The molecule has 0 saturated heterocycles. The van der Waals surface area contributed by atoms with Crippen LogP contribution in [-0.4, -0.2) is 58.0 Å². The molecular formula is C13H28N2O7S2. The lowest BCUT2D eigenvalue weighted by atomic mass is 9.94. The SMILES string of the molecule is CC(C)C(N)C(=O)NCC(C)(C)COS(=O)(=O)CCCS(=O)(=O)O. The number of carbonyl (C=O) groups excluding carboxylic acids is 1. The van der Waals surface area contributed by atoms with Gasteiger partial charge in [-0.2, -0.15) is 16.8 Å². The van der Waals surface area contributed by atoms with Gasteiger partial charge in [-0.3, -0.25) is 13.5 Å². The highest BCUT2D eigenvalue weighted by Gasteiger charge is 2.25. The zero-order valence-corrected chi connectivity index (χ0v) is 16.1. The van der Waals surface area contributed by atoms with Crippen molar-refractivity contribution < 1.29 is 30.4 Å². The summed E-state index contributed by atoms with van der Waals surface area (Å²) in [5.74, 6) is -1.52. The number of carbonyl (C=O) groups is 1. The van der Waals surface area contributed by atoms with Gasteiger partial charge in [0.15, 0.2) is 0 Å². The molecule has 0 aliphatic carbocycles. The predicted molar refractivity (Wildman–Crippen MR) is 90.4 cm³/mol. The van der Waals surface area contributed by atoms with Gasteiger partial charge in [-0.05, 0) is 12.3 Å². The van der Waals surface area contributed by atoms with Gasteiger partial charge in [0, 0.05) is 12.0 Å². The summed E-state index contributed by atoms with van der Waals surface area (Å²) in [7, 11) is -8.12. The number of amides is 1. The molecule has 0 aliphatic rings. The maximum Gasteiger partial charge on any atom is 0.267 e. The van der Waals surface area contributed by atoms with Gasteiger partial charge in [0.2, 0.25) is 5.91 Å². The fraction of sp³-hybridized carbons (Fsp3) is 0.923. The number of hydrogen-bond acceptors (Lipinski definition) is 7. The molecule has 0 rings (SSSR count). The van der Waals surface area contributed by atoms with Crippen molar-refractivity contribution in [3.05, 3.63) is 0 Å². The van der Waals surface area contributed by atoms with Crippen LogP contribution < -0.4 is 11.1 Å². The highest BCUT2D eigenvalue weighted by atomic mass is 32.2. The highest BCUT2D eigenvalue weighted by molar-refractivity contribution is 7.87. The molecule has 1 unspecified atom stereocenters. The molecule has 0 radical (unpaired) electrons. The van der Waals surface area contributed by atoms with Gasteiger partial charge in [0.25, 0.3) is 20.2 Å². The molecule has 0 heterocycles. The van der Waals surface area contributed by atoms with Crippen molar-refractivity contribution in [3.8, 4) is 0 Å². The Balaban J connectivity index is 4.38. The molecule has 24 heavy (non-hydrogen) atoms. The van der Waals surface area contributed by atoms with Crippen LogP contribution >= 0.6 is 0 Å². The molecule has 0 aromatic rings. The van der Waals surface area contributed by atoms with E-state index in [9.17, 15) is 21.6 Å². The van der Waals surface area contributed by atoms with Gasteiger partial charge in [-0.15, -0.1) is 0 Å². The van der Waals surface area contributed by atoms with Crippen LogP contribution in [0.15, 0.2) is 0 Å². The third-order valence-electron chi connectivity index (χ3n) is 3.19. The van der Waals surface area contributed by atoms with E-state index in [-0.39, 0.29) is 31.4 Å². The average Bonchev–Trinajstić information content (AvgIpc) is 2.40. The van der Waals surface area contributed by atoms with Gasteiger partial charge in [-0.1, -0.05) is 27.7 Å². The zero-order valence-electron chi connectivity index (χ0n) is 14.5. The lowest BCUT2D eigenvalue weighted by Gasteiger charge is -2.26. The molecule has 0 bridgehead atoms. The maximum atomic E-state index is 11.8. The number of rotatable bonds is 11. The fourth-order valence-corrected chi connectivity index (χ4v) is 3.33. The minimum absolute atomic E-state index is 0.0208. The lowest BCUT2D eigenvalue weighted by Crippen LogP contribution is -2.47. The highest BCUT2D eigenvalue weighted by Crippen LogP contribution is 2.16. The summed E-state index contributed by atoms with van der Waals surface area (Å²) in [6, 6.07) is -0.647. The quantitative estimate of drug-likeness (QED) is 0.323. The Labute approximate surface area is 144 Å². The van der Waals surface area contributed by atoms with E-state index in [1.54, 1.807) is 13.8 Å². The molecule has 0 aromatic heterocycles. The minimum atomic E-state index is -4.20. The summed E-state index contributed by atoms with van der Waals surface area (Å²) in [6.45, 7) is 7.05. The molecule has 0 saturated carbocycles. The fourth-order valence-electron chi connectivity index (χ4n) is 1.52. The Morgan fingerprint density at radius 3 is 2.21 bits per heavy atom. The van der Waals surface area contributed by atoms with E-state index in [1.165, 1.54) is 0 Å². The van der Waals surface area contributed by atoms with Crippen LogP contribution in [-0.2, 0) is 29.2 Å². The molecule has 144 valence electrons. The van der Waals surface area contributed by atoms with Gasteiger partial charge < -0.3 is 11.1 Å². The third-order valence-corrected chi connectivity index (χ3v) is 5.26. The van der Waals surface area contributed by atoms with E-state index in [2.05, 4.69) is 5.32 Å². The van der Waals surface area contributed by atoms with Crippen molar-refractivity contribution in [2.45, 2.75) is 40.2 Å². The van der Waals surface area contributed by atoms with E-state index >= 15 is 0 Å². The second-order valence-electron chi connectivity index (χ2n) is 6.82. The minimum Gasteiger partial charge on any atom is -0.354 e. The largest absolute Gasteiger partial charge is 0.354 e.